The van der Waals surface area contributed by atoms with Crippen molar-refractivity contribution in [2.24, 2.45) is 0 Å². The zero-order valence-corrected chi connectivity index (χ0v) is 10.8. The Morgan fingerprint density at radius 3 is 2.94 bits per heavy atom. The molecular weight excluding hydrogens is 232 g/mol. The predicted molar refractivity (Wildman–Crippen MR) is 67.0 cm³/mol. The summed E-state index contributed by atoms with van der Waals surface area (Å²) in [4.78, 5) is 12.1. The molecule has 0 bridgehead atoms. The lowest BCUT2D eigenvalue weighted by atomic mass is 10.0. The SMILES string of the molecule is COc1ccc(C)cc1CC(=O)C1COCCO1. The molecule has 18 heavy (non-hydrogen) atoms. The van der Waals surface area contributed by atoms with Crippen molar-refractivity contribution in [3.05, 3.63) is 29.3 Å². The molecule has 1 heterocycles. The normalized spacial score (nSPS) is 19.6. The lowest BCUT2D eigenvalue weighted by Gasteiger charge is -2.22. The van der Waals surface area contributed by atoms with Gasteiger partial charge in [0.15, 0.2) is 5.78 Å². The van der Waals surface area contributed by atoms with Gasteiger partial charge in [0.05, 0.1) is 26.9 Å². The Labute approximate surface area is 107 Å². The summed E-state index contributed by atoms with van der Waals surface area (Å²) in [5.41, 5.74) is 2.01. The zero-order valence-electron chi connectivity index (χ0n) is 10.8. The Hall–Kier alpha value is -1.39. The number of methoxy groups -OCH3 is 1. The van der Waals surface area contributed by atoms with Crippen LogP contribution in [0.3, 0.4) is 0 Å². The van der Waals surface area contributed by atoms with Crippen molar-refractivity contribution in [1.29, 1.82) is 0 Å². The van der Waals surface area contributed by atoms with E-state index in [9.17, 15) is 4.79 Å². The average Bonchev–Trinajstić information content (AvgIpc) is 2.40. The number of benzene rings is 1. The van der Waals surface area contributed by atoms with Crippen LogP contribution in [0.4, 0.5) is 0 Å². The zero-order chi connectivity index (χ0) is 13.0. The van der Waals surface area contributed by atoms with Gasteiger partial charge in [0.1, 0.15) is 11.9 Å². The number of rotatable bonds is 4. The third kappa shape index (κ3) is 3.09. The number of aryl methyl sites for hydroxylation is 1. The highest BCUT2D eigenvalue weighted by Gasteiger charge is 2.23. The molecule has 0 aliphatic carbocycles. The van der Waals surface area contributed by atoms with Crippen LogP contribution in [0.5, 0.6) is 5.75 Å². The van der Waals surface area contributed by atoms with Crippen LogP contribution >= 0.6 is 0 Å². The van der Waals surface area contributed by atoms with E-state index in [1.807, 2.05) is 25.1 Å². The predicted octanol–water partition coefficient (Wildman–Crippen LogP) is 1.53. The highest BCUT2D eigenvalue weighted by Crippen LogP contribution is 2.21. The molecular formula is C14H18O4. The smallest absolute Gasteiger partial charge is 0.168 e. The molecule has 0 aromatic heterocycles. The molecule has 0 amide bonds. The molecule has 0 saturated carbocycles. The van der Waals surface area contributed by atoms with E-state index in [0.29, 0.717) is 26.2 Å². The van der Waals surface area contributed by atoms with Crippen LogP contribution in [-0.4, -0.2) is 38.8 Å². The van der Waals surface area contributed by atoms with Gasteiger partial charge in [-0.25, -0.2) is 0 Å². The van der Waals surface area contributed by atoms with Gasteiger partial charge in [-0.3, -0.25) is 4.79 Å². The van der Waals surface area contributed by atoms with Crippen LogP contribution in [0.25, 0.3) is 0 Å². The first-order valence-electron chi connectivity index (χ1n) is 6.06. The summed E-state index contributed by atoms with van der Waals surface area (Å²) in [6, 6.07) is 5.82. The molecule has 4 nitrogen and oxygen atoms in total. The fraction of sp³-hybridized carbons (Fsp3) is 0.500. The molecule has 1 aliphatic rings. The molecule has 1 aromatic carbocycles. The molecule has 4 heteroatoms. The standard InChI is InChI=1S/C14H18O4/c1-10-3-4-13(16-2)11(7-10)8-12(15)14-9-17-5-6-18-14/h3-4,7,14H,5-6,8-9H2,1-2H3. The van der Waals surface area contributed by atoms with E-state index in [1.165, 1.54) is 0 Å². The lowest BCUT2D eigenvalue weighted by molar-refractivity contribution is -0.144. The summed E-state index contributed by atoms with van der Waals surface area (Å²) in [5.74, 6) is 0.782. The molecule has 1 unspecified atom stereocenters. The largest absolute Gasteiger partial charge is 0.496 e. The molecule has 98 valence electrons. The van der Waals surface area contributed by atoms with Crippen molar-refractivity contribution in [2.75, 3.05) is 26.9 Å². The van der Waals surface area contributed by atoms with E-state index in [2.05, 4.69) is 0 Å². The Bertz CT molecular complexity index is 422. The minimum Gasteiger partial charge on any atom is -0.496 e. The number of hydrogen-bond acceptors (Lipinski definition) is 4. The average molecular weight is 250 g/mol. The van der Waals surface area contributed by atoms with Crippen LogP contribution in [-0.2, 0) is 20.7 Å². The number of Topliss-reactive ketones (excluding diaryl/α,β-unsaturated/α-hetero) is 1. The number of hydrogen-bond donors (Lipinski definition) is 0. The summed E-state index contributed by atoms with van der Waals surface area (Å²) in [6.07, 6.45) is -0.122. The minimum atomic E-state index is -0.441. The maximum atomic E-state index is 12.1. The highest BCUT2D eigenvalue weighted by molar-refractivity contribution is 5.86. The van der Waals surface area contributed by atoms with Gasteiger partial charge < -0.3 is 14.2 Å². The second-order valence-electron chi connectivity index (χ2n) is 4.39. The molecule has 1 fully saturated rings. The number of ketones is 1. The Balaban J connectivity index is 2.07. The third-order valence-electron chi connectivity index (χ3n) is 2.98. The molecule has 1 aromatic rings. The van der Waals surface area contributed by atoms with E-state index in [1.54, 1.807) is 7.11 Å². The van der Waals surface area contributed by atoms with E-state index >= 15 is 0 Å². The van der Waals surface area contributed by atoms with Gasteiger partial charge in [0, 0.05) is 12.0 Å². The van der Waals surface area contributed by atoms with Crippen molar-refractivity contribution in [3.63, 3.8) is 0 Å². The van der Waals surface area contributed by atoms with Gasteiger partial charge in [-0.15, -0.1) is 0 Å². The van der Waals surface area contributed by atoms with Crippen molar-refractivity contribution in [2.45, 2.75) is 19.4 Å². The molecule has 1 aliphatic heterocycles. The van der Waals surface area contributed by atoms with Gasteiger partial charge in [-0.1, -0.05) is 17.7 Å². The quantitative estimate of drug-likeness (QED) is 0.813. The summed E-state index contributed by atoms with van der Waals surface area (Å²) in [6.45, 7) is 3.40. The summed E-state index contributed by atoms with van der Waals surface area (Å²) < 4.78 is 15.9. The Morgan fingerprint density at radius 1 is 1.44 bits per heavy atom. The molecule has 1 saturated heterocycles. The molecule has 0 spiro atoms. The van der Waals surface area contributed by atoms with Crippen molar-refractivity contribution in [3.8, 4) is 5.75 Å². The third-order valence-corrected chi connectivity index (χ3v) is 2.98. The first-order valence-corrected chi connectivity index (χ1v) is 6.06. The minimum absolute atomic E-state index is 0.0404. The Morgan fingerprint density at radius 2 is 2.28 bits per heavy atom. The van der Waals surface area contributed by atoms with Crippen LogP contribution in [0.2, 0.25) is 0 Å². The first kappa shape index (κ1) is 13.1. The van der Waals surface area contributed by atoms with E-state index in [0.717, 1.165) is 16.9 Å². The van der Waals surface area contributed by atoms with Gasteiger partial charge in [0.25, 0.3) is 0 Å². The topological polar surface area (TPSA) is 44.8 Å². The molecule has 0 N–H and O–H groups in total. The maximum absolute atomic E-state index is 12.1. The maximum Gasteiger partial charge on any atom is 0.168 e. The second-order valence-corrected chi connectivity index (χ2v) is 4.39. The molecule has 1 atom stereocenters. The van der Waals surface area contributed by atoms with Crippen molar-refractivity contribution < 1.29 is 19.0 Å². The fourth-order valence-electron chi connectivity index (χ4n) is 2.02. The van der Waals surface area contributed by atoms with E-state index < -0.39 is 6.10 Å². The monoisotopic (exact) mass is 250 g/mol. The Kier molecular flexibility index (Phi) is 4.33. The van der Waals surface area contributed by atoms with Crippen LogP contribution in [0, 0.1) is 6.92 Å². The fourth-order valence-corrected chi connectivity index (χ4v) is 2.02. The van der Waals surface area contributed by atoms with Gasteiger partial charge in [0.2, 0.25) is 0 Å². The lowest BCUT2D eigenvalue weighted by Crippen LogP contribution is -2.36. The second kappa shape index (κ2) is 5.98. The summed E-state index contributed by atoms with van der Waals surface area (Å²) in [5, 5.41) is 0. The van der Waals surface area contributed by atoms with Crippen LogP contribution in [0.1, 0.15) is 11.1 Å². The van der Waals surface area contributed by atoms with Gasteiger partial charge >= 0.3 is 0 Å². The van der Waals surface area contributed by atoms with Crippen molar-refractivity contribution in [1.82, 2.24) is 0 Å². The van der Waals surface area contributed by atoms with E-state index in [-0.39, 0.29) is 5.78 Å². The molecule has 0 radical (unpaired) electrons. The first-order chi connectivity index (χ1) is 8.70. The van der Waals surface area contributed by atoms with Gasteiger partial charge in [-0.05, 0) is 13.0 Å². The highest BCUT2D eigenvalue weighted by atomic mass is 16.6. The van der Waals surface area contributed by atoms with E-state index in [4.69, 9.17) is 14.2 Å². The molecule has 2 rings (SSSR count). The summed E-state index contributed by atoms with van der Waals surface area (Å²) >= 11 is 0. The number of ether oxygens (including phenoxy) is 3. The van der Waals surface area contributed by atoms with Crippen LogP contribution < -0.4 is 4.74 Å². The number of carbonyl (C=O) groups is 1. The van der Waals surface area contributed by atoms with Crippen LogP contribution in [0.15, 0.2) is 18.2 Å². The number of carbonyl (C=O) groups excluding carboxylic acids is 1. The van der Waals surface area contributed by atoms with Gasteiger partial charge in [-0.2, -0.15) is 0 Å². The van der Waals surface area contributed by atoms with Crippen molar-refractivity contribution >= 4 is 5.78 Å². The summed E-state index contributed by atoms with van der Waals surface area (Å²) in [7, 11) is 1.61.